The summed E-state index contributed by atoms with van der Waals surface area (Å²) in [6, 6.07) is 7.99. The largest absolute Gasteiger partial charge is 0.497 e. The number of amides is 1. The number of carbonyl (C=O) groups is 2. The predicted octanol–water partition coefficient (Wildman–Crippen LogP) is 1.13. The second-order valence-corrected chi connectivity index (χ2v) is 6.91. The van der Waals surface area contributed by atoms with Gasteiger partial charge in [-0.25, -0.2) is 0 Å². The van der Waals surface area contributed by atoms with Crippen LogP contribution in [-0.4, -0.2) is 85.1 Å². The molecule has 7 heteroatoms. The summed E-state index contributed by atoms with van der Waals surface area (Å²) < 4.78 is 5.15. The maximum absolute atomic E-state index is 12.5. The molecule has 7 nitrogen and oxygen atoms in total. The SMILES string of the molecule is COc1ccc(CN(C)C(=O)CN2CCC(N(C)CC(=O)O)CC2)cc1. The fourth-order valence-corrected chi connectivity index (χ4v) is 3.27. The quantitative estimate of drug-likeness (QED) is 0.747. The number of ether oxygens (including phenoxy) is 1. The Morgan fingerprint density at radius 3 is 2.35 bits per heavy atom. The van der Waals surface area contributed by atoms with Gasteiger partial charge in [-0.15, -0.1) is 0 Å². The minimum Gasteiger partial charge on any atom is -0.497 e. The van der Waals surface area contributed by atoms with Crippen LogP contribution < -0.4 is 4.74 Å². The molecule has 0 bridgehead atoms. The monoisotopic (exact) mass is 363 g/mol. The molecule has 1 aromatic rings. The molecule has 144 valence electrons. The van der Waals surface area contributed by atoms with Crippen molar-refractivity contribution in [3.8, 4) is 5.75 Å². The van der Waals surface area contributed by atoms with Crippen LogP contribution in [0.3, 0.4) is 0 Å². The van der Waals surface area contributed by atoms with Crippen molar-refractivity contribution in [3.05, 3.63) is 29.8 Å². The maximum atomic E-state index is 12.5. The predicted molar refractivity (Wildman–Crippen MR) is 99.2 cm³/mol. The van der Waals surface area contributed by atoms with Crippen LogP contribution in [0, 0.1) is 0 Å². The van der Waals surface area contributed by atoms with E-state index in [0.717, 1.165) is 37.2 Å². The molecule has 1 aromatic carbocycles. The zero-order valence-electron chi connectivity index (χ0n) is 15.9. The number of nitrogens with zero attached hydrogens (tertiary/aromatic N) is 3. The number of carbonyl (C=O) groups excluding carboxylic acids is 1. The molecule has 1 aliphatic rings. The number of aliphatic carboxylic acids is 1. The van der Waals surface area contributed by atoms with Crippen LogP contribution in [0.4, 0.5) is 0 Å². The fourth-order valence-electron chi connectivity index (χ4n) is 3.27. The van der Waals surface area contributed by atoms with Gasteiger partial charge in [0.25, 0.3) is 0 Å². The van der Waals surface area contributed by atoms with Crippen LogP contribution in [0.25, 0.3) is 0 Å². The van der Waals surface area contributed by atoms with Gasteiger partial charge in [0.2, 0.25) is 5.91 Å². The molecule has 1 saturated heterocycles. The minimum atomic E-state index is -0.801. The minimum absolute atomic E-state index is 0.0637. The highest BCUT2D eigenvalue weighted by molar-refractivity contribution is 5.78. The first-order chi connectivity index (χ1) is 12.4. The van der Waals surface area contributed by atoms with Crippen LogP contribution in [0.1, 0.15) is 18.4 Å². The highest BCUT2D eigenvalue weighted by Gasteiger charge is 2.25. The van der Waals surface area contributed by atoms with Gasteiger partial charge in [0.05, 0.1) is 20.2 Å². The molecular formula is C19H29N3O4. The Kier molecular flexibility index (Phi) is 7.41. The third-order valence-electron chi connectivity index (χ3n) is 4.93. The number of methoxy groups -OCH3 is 1. The zero-order chi connectivity index (χ0) is 19.1. The van der Waals surface area contributed by atoms with Gasteiger partial charge < -0.3 is 14.7 Å². The number of piperidine rings is 1. The topological polar surface area (TPSA) is 73.3 Å². The molecule has 0 saturated carbocycles. The highest BCUT2D eigenvalue weighted by atomic mass is 16.5. The molecule has 26 heavy (non-hydrogen) atoms. The Balaban J connectivity index is 1.76. The summed E-state index contributed by atoms with van der Waals surface area (Å²) in [7, 11) is 5.30. The Labute approximate surface area is 155 Å². The Bertz CT molecular complexity index is 597. The molecule has 1 aliphatic heterocycles. The smallest absolute Gasteiger partial charge is 0.317 e. The van der Waals surface area contributed by atoms with E-state index >= 15 is 0 Å². The van der Waals surface area contributed by atoms with E-state index in [9.17, 15) is 9.59 Å². The van der Waals surface area contributed by atoms with Crippen molar-refractivity contribution in [1.82, 2.24) is 14.7 Å². The van der Waals surface area contributed by atoms with E-state index in [1.165, 1.54) is 0 Å². The van der Waals surface area contributed by atoms with Gasteiger partial charge in [0, 0.05) is 32.7 Å². The molecule has 2 rings (SSSR count). The summed E-state index contributed by atoms with van der Waals surface area (Å²) >= 11 is 0. The molecule has 1 fully saturated rings. The van der Waals surface area contributed by atoms with Gasteiger partial charge in [-0.3, -0.25) is 19.4 Å². The highest BCUT2D eigenvalue weighted by Crippen LogP contribution is 2.16. The second-order valence-electron chi connectivity index (χ2n) is 6.91. The van der Waals surface area contributed by atoms with Crippen LogP contribution in [0.2, 0.25) is 0 Å². The average molecular weight is 363 g/mol. The van der Waals surface area contributed by atoms with Gasteiger partial charge in [-0.2, -0.15) is 0 Å². The van der Waals surface area contributed by atoms with Crippen molar-refractivity contribution < 1.29 is 19.4 Å². The molecule has 0 atom stereocenters. The lowest BCUT2D eigenvalue weighted by Crippen LogP contribution is -2.47. The molecule has 0 radical (unpaired) electrons. The molecule has 1 heterocycles. The Hall–Kier alpha value is -2.12. The summed E-state index contributed by atoms with van der Waals surface area (Å²) in [5.74, 6) is 0.0990. The first-order valence-electron chi connectivity index (χ1n) is 8.90. The summed E-state index contributed by atoms with van der Waals surface area (Å²) in [6.07, 6.45) is 1.78. The summed E-state index contributed by atoms with van der Waals surface area (Å²) in [5, 5.41) is 8.89. The van der Waals surface area contributed by atoms with Crippen LogP contribution in [0.15, 0.2) is 24.3 Å². The van der Waals surface area contributed by atoms with Crippen molar-refractivity contribution in [1.29, 1.82) is 0 Å². The molecule has 0 aromatic heterocycles. The number of likely N-dealkylation sites (N-methyl/N-ethyl adjacent to an activating group) is 2. The Morgan fingerprint density at radius 2 is 1.81 bits per heavy atom. The van der Waals surface area contributed by atoms with Crippen LogP contribution in [-0.2, 0) is 16.1 Å². The molecule has 0 spiro atoms. The van der Waals surface area contributed by atoms with Crippen LogP contribution in [0.5, 0.6) is 5.75 Å². The van der Waals surface area contributed by atoms with Crippen molar-refractivity contribution in [2.75, 3.05) is 47.4 Å². The number of carboxylic acids is 1. The lowest BCUT2D eigenvalue weighted by molar-refractivity contribution is -0.138. The van der Waals surface area contributed by atoms with E-state index in [1.807, 2.05) is 43.3 Å². The first-order valence-corrected chi connectivity index (χ1v) is 8.90. The zero-order valence-corrected chi connectivity index (χ0v) is 15.9. The summed E-state index contributed by atoms with van der Waals surface area (Å²) in [4.78, 5) is 29.1. The number of benzene rings is 1. The summed E-state index contributed by atoms with van der Waals surface area (Å²) in [5.41, 5.74) is 1.07. The van der Waals surface area contributed by atoms with E-state index in [0.29, 0.717) is 13.1 Å². The first kappa shape index (κ1) is 20.2. The van der Waals surface area contributed by atoms with E-state index < -0.39 is 5.97 Å². The molecule has 1 N–H and O–H groups in total. The van der Waals surface area contributed by atoms with Gasteiger partial charge >= 0.3 is 5.97 Å². The standard InChI is InChI=1S/C19H29N3O4/c1-20(14-19(24)25)16-8-10-22(11-9-16)13-18(23)21(2)12-15-4-6-17(26-3)7-5-15/h4-7,16H,8-14H2,1-3H3,(H,24,25). The van der Waals surface area contributed by atoms with E-state index in [2.05, 4.69) is 4.90 Å². The molecule has 0 unspecified atom stereocenters. The number of likely N-dealkylation sites (tertiary alicyclic amines) is 1. The normalized spacial score (nSPS) is 15.8. The summed E-state index contributed by atoms with van der Waals surface area (Å²) in [6.45, 7) is 2.67. The number of carboxylic acid groups (broad SMARTS) is 1. The third-order valence-corrected chi connectivity index (χ3v) is 4.93. The number of rotatable bonds is 8. The van der Waals surface area contributed by atoms with Gasteiger partial charge in [-0.05, 0) is 37.6 Å². The van der Waals surface area contributed by atoms with Crippen LogP contribution >= 0.6 is 0 Å². The van der Waals surface area contributed by atoms with Crippen molar-refractivity contribution in [2.24, 2.45) is 0 Å². The van der Waals surface area contributed by atoms with Crippen molar-refractivity contribution >= 4 is 11.9 Å². The fraction of sp³-hybridized carbons (Fsp3) is 0.579. The van der Waals surface area contributed by atoms with Gasteiger partial charge in [0.1, 0.15) is 5.75 Å². The third kappa shape index (κ3) is 6.00. The molecular weight excluding hydrogens is 334 g/mol. The van der Waals surface area contributed by atoms with Crippen molar-refractivity contribution in [3.63, 3.8) is 0 Å². The van der Waals surface area contributed by atoms with Gasteiger partial charge in [-0.1, -0.05) is 12.1 Å². The maximum Gasteiger partial charge on any atom is 0.317 e. The number of hydrogen-bond donors (Lipinski definition) is 1. The van der Waals surface area contributed by atoms with E-state index in [-0.39, 0.29) is 18.5 Å². The average Bonchev–Trinajstić information content (AvgIpc) is 2.62. The molecule has 0 aliphatic carbocycles. The Morgan fingerprint density at radius 1 is 1.19 bits per heavy atom. The molecule has 1 amide bonds. The lowest BCUT2D eigenvalue weighted by atomic mass is 10.0. The van der Waals surface area contributed by atoms with E-state index in [1.54, 1.807) is 12.0 Å². The lowest BCUT2D eigenvalue weighted by Gasteiger charge is -2.36. The van der Waals surface area contributed by atoms with Crippen molar-refractivity contribution in [2.45, 2.75) is 25.4 Å². The number of hydrogen-bond acceptors (Lipinski definition) is 5. The van der Waals surface area contributed by atoms with E-state index in [4.69, 9.17) is 9.84 Å². The second kappa shape index (κ2) is 9.54. The van der Waals surface area contributed by atoms with Gasteiger partial charge in [0.15, 0.2) is 0 Å².